The van der Waals surface area contributed by atoms with Crippen molar-refractivity contribution in [1.82, 2.24) is 15.2 Å². The second-order valence-electron chi connectivity index (χ2n) is 9.56. The Labute approximate surface area is 179 Å². The maximum absolute atomic E-state index is 13.1. The van der Waals surface area contributed by atoms with Crippen LogP contribution < -0.4 is 5.32 Å². The topological polar surface area (TPSA) is 62.3 Å². The molecule has 1 N–H and O–H groups in total. The van der Waals surface area contributed by atoms with E-state index in [2.05, 4.69) is 49.3 Å². The van der Waals surface area contributed by atoms with Crippen molar-refractivity contribution < 1.29 is 9.59 Å². The Morgan fingerprint density at radius 1 is 1.13 bits per heavy atom. The molecule has 2 aromatic rings. The second-order valence-corrected chi connectivity index (χ2v) is 9.56. The zero-order valence-electron chi connectivity index (χ0n) is 18.6. The predicted octanol–water partition coefficient (Wildman–Crippen LogP) is 4.08. The maximum Gasteiger partial charge on any atom is 0.228 e. The van der Waals surface area contributed by atoms with Crippen LogP contribution in [-0.2, 0) is 16.0 Å². The van der Waals surface area contributed by atoms with Gasteiger partial charge in [0.15, 0.2) is 0 Å². The largest absolute Gasteiger partial charge is 0.356 e. The van der Waals surface area contributed by atoms with Crippen LogP contribution in [0.15, 0.2) is 48.8 Å². The number of hydrogen-bond donors (Lipinski definition) is 1. The van der Waals surface area contributed by atoms with E-state index < -0.39 is 5.41 Å². The van der Waals surface area contributed by atoms with Crippen LogP contribution in [0.3, 0.4) is 0 Å². The molecule has 0 spiro atoms. The Kier molecular flexibility index (Phi) is 6.59. The van der Waals surface area contributed by atoms with Gasteiger partial charge in [0.1, 0.15) is 0 Å². The van der Waals surface area contributed by atoms with Crippen molar-refractivity contribution in [3.8, 4) is 11.1 Å². The van der Waals surface area contributed by atoms with Gasteiger partial charge in [0.05, 0.1) is 5.41 Å². The fourth-order valence-electron chi connectivity index (χ4n) is 4.20. The molecule has 5 heteroatoms. The molecule has 1 aliphatic rings. The molecule has 30 heavy (non-hydrogen) atoms. The van der Waals surface area contributed by atoms with Gasteiger partial charge in [-0.1, -0.05) is 45.0 Å². The number of hydrogen-bond acceptors (Lipinski definition) is 3. The lowest BCUT2D eigenvalue weighted by Gasteiger charge is -2.29. The molecule has 0 radical (unpaired) electrons. The van der Waals surface area contributed by atoms with Crippen LogP contribution in [0.5, 0.6) is 0 Å². The number of amides is 2. The third-order valence-electron chi connectivity index (χ3n) is 5.69. The molecule has 2 amide bonds. The van der Waals surface area contributed by atoms with E-state index in [9.17, 15) is 9.59 Å². The molecule has 1 unspecified atom stereocenters. The zero-order valence-corrected chi connectivity index (χ0v) is 18.6. The average Bonchev–Trinajstić information content (AvgIpc) is 3.13. The van der Waals surface area contributed by atoms with Crippen LogP contribution in [0.4, 0.5) is 0 Å². The molecule has 160 valence electrons. The Balaban J connectivity index is 1.84. The first-order valence-electron chi connectivity index (χ1n) is 10.8. The minimum Gasteiger partial charge on any atom is -0.356 e. The van der Waals surface area contributed by atoms with Gasteiger partial charge >= 0.3 is 0 Å². The predicted molar refractivity (Wildman–Crippen MR) is 120 cm³/mol. The van der Waals surface area contributed by atoms with Crippen LogP contribution in [0.25, 0.3) is 11.1 Å². The molecule has 1 saturated heterocycles. The Morgan fingerprint density at radius 2 is 1.87 bits per heavy atom. The van der Waals surface area contributed by atoms with Crippen molar-refractivity contribution in [2.75, 3.05) is 19.6 Å². The van der Waals surface area contributed by atoms with Crippen LogP contribution in [-0.4, -0.2) is 41.3 Å². The summed E-state index contributed by atoms with van der Waals surface area (Å²) in [6, 6.07) is 12.3. The average molecular weight is 408 g/mol. The van der Waals surface area contributed by atoms with E-state index in [0.717, 1.165) is 16.7 Å². The lowest BCUT2D eigenvalue weighted by molar-refractivity contribution is -0.134. The van der Waals surface area contributed by atoms with Gasteiger partial charge in [-0.25, -0.2) is 0 Å². The Bertz CT molecular complexity index is 889. The summed E-state index contributed by atoms with van der Waals surface area (Å²) in [4.78, 5) is 31.9. The number of nitrogens with zero attached hydrogens (tertiary/aromatic N) is 2. The summed E-state index contributed by atoms with van der Waals surface area (Å²) in [7, 11) is 0. The number of pyridine rings is 1. The summed E-state index contributed by atoms with van der Waals surface area (Å²) in [5.74, 6) is 0.185. The molecule has 0 saturated carbocycles. The first kappa shape index (κ1) is 22.0. The minimum atomic E-state index is -0.583. The van der Waals surface area contributed by atoms with Gasteiger partial charge in [-0.15, -0.1) is 0 Å². The molecule has 1 aromatic heterocycles. The third-order valence-corrected chi connectivity index (χ3v) is 5.69. The van der Waals surface area contributed by atoms with E-state index >= 15 is 0 Å². The summed E-state index contributed by atoms with van der Waals surface area (Å²) in [6.07, 6.45) is 5.38. The van der Waals surface area contributed by atoms with Crippen molar-refractivity contribution >= 4 is 11.8 Å². The highest BCUT2D eigenvalue weighted by Gasteiger charge is 2.46. The van der Waals surface area contributed by atoms with Gasteiger partial charge in [-0.05, 0) is 54.0 Å². The molecule has 1 aromatic carbocycles. The second kappa shape index (κ2) is 8.99. The molecule has 2 heterocycles. The van der Waals surface area contributed by atoms with E-state index in [1.165, 1.54) is 0 Å². The molecule has 1 fully saturated rings. The van der Waals surface area contributed by atoms with Gasteiger partial charge < -0.3 is 10.2 Å². The first-order chi connectivity index (χ1) is 14.2. The van der Waals surface area contributed by atoms with E-state index in [1.54, 1.807) is 12.4 Å². The smallest absolute Gasteiger partial charge is 0.228 e. The number of benzene rings is 1. The highest BCUT2D eigenvalue weighted by atomic mass is 16.2. The van der Waals surface area contributed by atoms with Crippen LogP contribution in [0, 0.1) is 10.8 Å². The summed E-state index contributed by atoms with van der Waals surface area (Å²) in [6.45, 7) is 9.86. The van der Waals surface area contributed by atoms with Gasteiger partial charge in [0.2, 0.25) is 11.8 Å². The number of likely N-dealkylation sites (tertiary alicyclic amines) is 1. The summed E-state index contributed by atoms with van der Waals surface area (Å²) in [5.41, 5.74) is 2.68. The van der Waals surface area contributed by atoms with Crippen molar-refractivity contribution in [2.24, 2.45) is 10.8 Å². The van der Waals surface area contributed by atoms with Gasteiger partial charge in [-0.3, -0.25) is 14.6 Å². The summed E-state index contributed by atoms with van der Waals surface area (Å²) < 4.78 is 0. The van der Waals surface area contributed by atoms with Crippen LogP contribution >= 0.6 is 0 Å². The van der Waals surface area contributed by atoms with Crippen LogP contribution in [0.1, 0.15) is 46.1 Å². The highest BCUT2D eigenvalue weighted by Crippen LogP contribution is 2.36. The van der Waals surface area contributed by atoms with Crippen molar-refractivity contribution in [3.63, 3.8) is 0 Å². The van der Waals surface area contributed by atoms with E-state index in [1.807, 2.05) is 30.0 Å². The quantitative estimate of drug-likeness (QED) is 0.785. The van der Waals surface area contributed by atoms with E-state index in [0.29, 0.717) is 38.9 Å². The number of carbonyl (C=O) groups is 2. The molecular formula is C25H33N3O2. The zero-order chi connectivity index (χ0) is 21.8. The molecule has 1 aliphatic heterocycles. The molecule has 0 aliphatic carbocycles. The normalized spacial score (nSPS) is 19.0. The van der Waals surface area contributed by atoms with E-state index in [-0.39, 0.29) is 17.2 Å². The van der Waals surface area contributed by atoms with Gasteiger partial charge in [0.25, 0.3) is 0 Å². The Hall–Kier alpha value is -2.69. The van der Waals surface area contributed by atoms with Gasteiger partial charge in [-0.2, -0.15) is 0 Å². The standard InChI is InChI=1S/C25H33N3O2/c1-5-27-23(30)25(11-14-28(18-25)22(29)17-24(2,3)4)16-19-7-6-8-21(15-19)20-9-12-26-13-10-20/h6-10,12-13,15H,5,11,14,16-18H2,1-4H3,(H,27,30). The summed E-state index contributed by atoms with van der Waals surface area (Å²) in [5, 5.41) is 3.02. The van der Waals surface area contributed by atoms with Crippen molar-refractivity contribution in [1.29, 1.82) is 0 Å². The monoisotopic (exact) mass is 407 g/mol. The lowest BCUT2D eigenvalue weighted by Crippen LogP contribution is -2.45. The lowest BCUT2D eigenvalue weighted by atomic mass is 9.79. The molecule has 1 atom stereocenters. The SMILES string of the molecule is CCNC(=O)C1(Cc2cccc(-c3ccncc3)c2)CCN(C(=O)CC(C)(C)C)C1. The highest BCUT2D eigenvalue weighted by molar-refractivity contribution is 5.86. The number of carbonyl (C=O) groups excluding carboxylic acids is 2. The molecule has 5 nitrogen and oxygen atoms in total. The Morgan fingerprint density at radius 3 is 2.53 bits per heavy atom. The number of aromatic nitrogens is 1. The third kappa shape index (κ3) is 5.26. The molecule has 3 rings (SSSR count). The molecule has 0 bridgehead atoms. The van der Waals surface area contributed by atoms with Crippen LogP contribution in [0.2, 0.25) is 0 Å². The fraction of sp³-hybridized carbons (Fsp3) is 0.480. The maximum atomic E-state index is 13.1. The number of rotatable bonds is 6. The minimum absolute atomic E-state index is 0.0466. The van der Waals surface area contributed by atoms with Gasteiger partial charge in [0, 0.05) is 38.4 Å². The first-order valence-corrected chi connectivity index (χ1v) is 10.8. The fourth-order valence-corrected chi connectivity index (χ4v) is 4.20. The van der Waals surface area contributed by atoms with E-state index in [4.69, 9.17) is 0 Å². The van der Waals surface area contributed by atoms with Crippen molar-refractivity contribution in [3.05, 3.63) is 54.4 Å². The summed E-state index contributed by atoms with van der Waals surface area (Å²) >= 11 is 0. The van der Waals surface area contributed by atoms with Crippen molar-refractivity contribution in [2.45, 2.75) is 47.0 Å². The number of nitrogens with one attached hydrogen (secondary N) is 1. The molecular weight excluding hydrogens is 374 g/mol.